The van der Waals surface area contributed by atoms with Gasteiger partial charge in [0.25, 0.3) is 0 Å². The number of nitrogens with zero attached hydrogens (tertiary/aromatic N) is 1. The highest BCUT2D eigenvalue weighted by Crippen LogP contribution is 2.38. The molecule has 0 bridgehead atoms. The van der Waals surface area contributed by atoms with E-state index in [9.17, 15) is 4.79 Å². The highest BCUT2D eigenvalue weighted by Gasteiger charge is 2.40. The second kappa shape index (κ2) is 7.28. The quantitative estimate of drug-likeness (QED) is 0.862. The topological polar surface area (TPSA) is 50.8 Å². The molecule has 0 aromatic carbocycles. The van der Waals surface area contributed by atoms with E-state index in [1.165, 1.54) is 12.8 Å². The molecule has 22 heavy (non-hydrogen) atoms. The van der Waals surface area contributed by atoms with Crippen LogP contribution in [0.25, 0.3) is 0 Å². The summed E-state index contributed by atoms with van der Waals surface area (Å²) in [7, 11) is 0. The fraction of sp³-hybridized carbons (Fsp3) is 0.941. The first-order valence-corrected chi connectivity index (χ1v) is 9.02. The van der Waals surface area contributed by atoms with Gasteiger partial charge in [-0.15, -0.1) is 0 Å². The molecular formula is C17H30N2O3. The lowest BCUT2D eigenvalue weighted by atomic mass is 9.85. The van der Waals surface area contributed by atoms with E-state index in [0.717, 1.165) is 65.0 Å². The third-order valence-electron chi connectivity index (χ3n) is 5.57. The summed E-state index contributed by atoms with van der Waals surface area (Å²) in [6.45, 7) is 6.45. The molecule has 0 aromatic rings. The van der Waals surface area contributed by atoms with Crippen molar-refractivity contribution in [3.05, 3.63) is 0 Å². The number of piperidine rings is 1. The second-order valence-electron chi connectivity index (χ2n) is 6.94. The first-order valence-electron chi connectivity index (χ1n) is 9.02. The van der Waals surface area contributed by atoms with Crippen molar-refractivity contribution in [1.82, 2.24) is 10.2 Å². The first kappa shape index (κ1) is 16.2. The second-order valence-corrected chi connectivity index (χ2v) is 6.94. The SMILES string of the molecule is CCN1CCCCC1C(=O)NCC1CCC2(CC1)OCCO2. The standard InChI is InChI=1S/C17H30N2O3/c1-2-19-10-4-3-5-15(19)16(20)18-13-14-6-8-17(9-7-14)21-11-12-22-17/h14-15H,2-13H2,1H3,(H,18,20). The number of ether oxygens (including phenoxy) is 2. The van der Waals surface area contributed by atoms with Crippen LogP contribution in [0.15, 0.2) is 0 Å². The van der Waals surface area contributed by atoms with E-state index in [-0.39, 0.29) is 17.7 Å². The van der Waals surface area contributed by atoms with Crippen LogP contribution in [0.3, 0.4) is 0 Å². The molecule has 3 aliphatic rings. The van der Waals surface area contributed by atoms with Crippen LogP contribution in [0.5, 0.6) is 0 Å². The van der Waals surface area contributed by atoms with E-state index in [1.807, 2.05) is 0 Å². The summed E-state index contributed by atoms with van der Waals surface area (Å²) in [5.74, 6) is 0.513. The summed E-state index contributed by atoms with van der Waals surface area (Å²) in [4.78, 5) is 14.8. The van der Waals surface area contributed by atoms with Crippen molar-refractivity contribution in [2.45, 2.75) is 63.7 Å². The third kappa shape index (κ3) is 3.63. The lowest BCUT2D eigenvalue weighted by Crippen LogP contribution is -2.50. The van der Waals surface area contributed by atoms with Crippen molar-refractivity contribution >= 4 is 5.91 Å². The molecular weight excluding hydrogens is 280 g/mol. The van der Waals surface area contributed by atoms with Crippen LogP contribution >= 0.6 is 0 Å². The highest BCUT2D eigenvalue weighted by atomic mass is 16.7. The Kier molecular flexibility index (Phi) is 5.37. The van der Waals surface area contributed by atoms with Gasteiger partial charge in [-0.25, -0.2) is 0 Å². The molecule has 2 aliphatic heterocycles. The molecule has 2 saturated heterocycles. The summed E-state index contributed by atoms with van der Waals surface area (Å²) in [5, 5.41) is 3.20. The lowest BCUT2D eigenvalue weighted by Gasteiger charge is -2.36. The molecule has 0 aromatic heterocycles. The van der Waals surface area contributed by atoms with Gasteiger partial charge in [0.2, 0.25) is 5.91 Å². The molecule has 3 fully saturated rings. The zero-order valence-corrected chi connectivity index (χ0v) is 13.8. The Labute approximate surface area is 133 Å². The predicted molar refractivity (Wildman–Crippen MR) is 84.5 cm³/mol. The normalized spacial score (nSPS) is 29.8. The summed E-state index contributed by atoms with van der Waals surface area (Å²) in [6.07, 6.45) is 7.52. The molecule has 1 spiro atoms. The van der Waals surface area contributed by atoms with Gasteiger partial charge < -0.3 is 14.8 Å². The smallest absolute Gasteiger partial charge is 0.237 e. The van der Waals surface area contributed by atoms with E-state index < -0.39 is 0 Å². The highest BCUT2D eigenvalue weighted by molar-refractivity contribution is 5.81. The average molecular weight is 310 g/mol. The molecule has 5 heteroatoms. The molecule has 2 heterocycles. The van der Waals surface area contributed by atoms with Crippen LogP contribution < -0.4 is 5.32 Å². The van der Waals surface area contributed by atoms with E-state index >= 15 is 0 Å². The van der Waals surface area contributed by atoms with Gasteiger partial charge >= 0.3 is 0 Å². The number of hydrogen-bond acceptors (Lipinski definition) is 4. The number of carbonyl (C=O) groups excluding carboxylic acids is 1. The summed E-state index contributed by atoms with van der Waals surface area (Å²) >= 11 is 0. The molecule has 5 nitrogen and oxygen atoms in total. The fourth-order valence-electron chi connectivity index (χ4n) is 4.14. The van der Waals surface area contributed by atoms with Crippen molar-refractivity contribution in [2.24, 2.45) is 5.92 Å². The Morgan fingerprint density at radius 1 is 1.18 bits per heavy atom. The maximum Gasteiger partial charge on any atom is 0.237 e. The predicted octanol–water partition coefficient (Wildman–Crippen LogP) is 1.91. The Morgan fingerprint density at radius 3 is 2.59 bits per heavy atom. The molecule has 1 unspecified atom stereocenters. The number of amides is 1. The molecule has 0 radical (unpaired) electrons. The molecule has 1 amide bonds. The van der Waals surface area contributed by atoms with Crippen molar-refractivity contribution < 1.29 is 14.3 Å². The number of likely N-dealkylation sites (tertiary alicyclic amines) is 1. The molecule has 1 atom stereocenters. The van der Waals surface area contributed by atoms with Crippen molar-refractivity contribution in [2.75, 3.05) is 32.8 Å². The summed E-state index contributed by atoms with van der Waals surface area (Å²) in [6, 6.07) is 0.0928. The number of likely N-dealkylation sites (N-methyl/N-ethyl adjacent to an activating group) is 1. The van der Waals surface area contributed by atoms with Crippen LogP contribution in [0.2, 0.25) is 0 Å². The van der Waals surface area contributed by atoms with Gasteiger partial charge in [0.05, 0.1) is 19.3 Å². The molecule has 1 aliphatic carbocycles. The van der Waals surface area contributed by atoms with Crippen molar-refractivity contribution in [1.29, 1.82) is 0 Å². The minimum atomic E-state index is -0.289. The van der Waals surface area contributed by atoms with E-state index in [1.54, 1.807) is 0 Å². The first-order chi connectivity index (χ1) is 10.7. The number of hydrogen-bond donors (Lipinski definition) is 1. The average Bonchev–Trinajstić information content (AvgIpc) is 3.02. The Bertz CT molecular complexity index is 372. The minimum absolute atomic E-state index is 0.0928. The van der Waals surface area contributed by atoms with Gasteiger partial charge in [-0.3, -0.25) is 9.69 Å². The van der Waals surface area contributed by atoms with Gasteiger partial charge in [0.15, 0.2) is 5.79 Å². The Balaban J connectivity index is 1.41. The zero-order valence-electron chi connectivity index (χ0n) is 13.8. The van der Waals surface area contributed by atoms with Crippen LogP contribution in [0.4, 0.5) is 0 Å². The third-order valence-corrected chi connectivity index (χ3v) is 5.57. The minimum Gasteiger partial charge on any atom is -0.354 e. The number of rotatable bonds is 4. The van der Waals surface area contributed by atoms with Crippen molar-refractivity contribution in [3.63, 3.8) is 0 Å². The fourth-order valence-corrected chi connectivity index (χ4v) is 4.14. The van der Waals surface area contributed by atoms with Crippen LogP contribution in [0.1, 0.15) is 51.9 Å². The Morgan fingerprint density at radius 2 is 1.91 bits per heavy atom. The molecule has 1 N–H and O–H groups in total. The van der Waals surface area contributed by atoms with Gasteiger partial charge in [-0.2, -0.15) is 0 Å². The van der Waals surface area contributed by atoms with Gasteiger partial charge in [0, 0.05) is 19.4 Å². The largest absolute Gasteiger partial charge is 0.354 e. The number of carbonyl (C=O) groups is 1. The molecule has 3 rings (SSSR count). The van der Waals surface area contributed by atoms with Crippen LogP contribution in [0, 0.1) is 5.92 Å². The van der Waals surface area contributed by atoms with Crippen LogP contribution in [-0.2, 0) is 14.3 Å². The molecule has 1 saturated carbocycles. The maximum absolute atomic E-state index is 12.5. The molecule has 126 valence electrons. The summed E-state index contributed by atoms with van der Waals surface area (Å²) < 4.78 is 11.5. The Hall–Kier alpha value is -0.650. The monoisotopic (exact) mass is 310 g/mol. The maximum atomic E-state index is 12.5. The van der Waals surface area contributed by atoms with E-state index in [0.29, 0.717) is 5.92 Å². The van der Waals surface area contributed by atoms with Gasteiger partial charge in [-0.1, -0.05) is 13.3 Å². The van der Waals surface area contributed by atoms with Crippen molar-refractivity contribution in [3.8, 4) is 0 Å². The van der Waals surface area contributed by atoms with Crippen LogP contribution in [-0.4, -0.2) is 55.5 Å². The van der Waals surface area contributed by atoms with Gasteiger partial charge in [-0.05, 0) is 44.7 Å². The number of nitrogens with one attached hydrogen (secondary N) is 1. The van der Waals surface area contributed by atoms with Gasteiger partial charge in [0.1, 0.15) is 0 Å². The lowest BCUT2D eigenvalue weighted by molar-refractivity contribution is -0.182. The van der Waals surface area contributed by atoms with E-state index in [2.05, 4.69) is 17.1 Å². The van der Waals surface area contributed by atoms with E-state index in [4.69, 9.17) is 9.47 Å². The zero-order chi connectivity index (χ0) is 15.4. The summed E-state index contributed by atoms with van der Waals surface area (Å²) in [5.41, 5.74) is 0.